The second-order valence-corrected chi connectivity index (χ2v) is 3.48. The quantitative estimate of drug-likeness (QED) is 0.568. The van der Waals surface area contributed by atoms with E-state index in [0.29, 0.717) is 6.04 Å². The second kappa shape index (κ2) is 4.19. The maximum atomic E-state index is 12.0. The Kier molecular flexibility index (Phi) is 3.46. The first-order chi connectivity index (χ1) is 5.59. The lowest BCUT2D eigenvalue weighted by Gasteiger charge is -2.37. The molecule has 1 aliphatic rings. The number of nitrogens with zero attached hydrogens (tertiary/aromatic N) is 2. The van der Waals surface area contributed by atoms with Gasteiger partial charge in [-0.3, -0.25) is 8.63 Å². The van der Waals surface area contributed by atoms with Gasteiger partial charge in [-0.15, -0.1) is 0 Å². The highest BCUT2D eigenvalue weighted by Crippen LogP contribution is 2.07. The summed E-state index contributed by atoms with van der Waals surface area (Å²) in [5.41, 5.74) is 0. The summed E-state index contributed by atoms with van der Waals surface area (Å²) in [6.07, 6.45) is -0.0713. The highest BCUT2D eigenvalue weighted by Gasteiger charge is 2.25. The molecule has 0 radical (unpaired) electrons. The second-order valence-electron chi connectivity index (χ2n) is 3.48. The van der Waals surface area contributed by atoms with Gasteiger partial charge in [-0.2, -0.15) is 0 Å². The lowest BCUT2D eigenvalue weighted by Crippen LogP contribution is -2.51. The highest BCUT2D eigenvalue weighted by atomic mass is 19.2. The molecule has 0 spiro atoms. The molecule has 1 aliphatic heterocycles. The van der Waals surface area contributed by atoms with E-state index >= 15 is 0 Å². The maximum Gasteiger partial charge on any atom is 0.551 e. The minimum absolute atomic E-state index is 0.0713. The molecule has 0 unspecified atom stereocenters. The summed E-state index contributed by atoms with van der Waals surface area (Å²) in [5.74, 6) is 0. The third-order valence-corrected chi connectivity index (χ3v) is 2.44. The summed E-state index contributed by atoms with van der Waals surface area (Å²) in [6, 6.07) is 0.400. The standard InChI is InChI=1S/C7H15BF2N2/c1-7-5-12(6-8(9)10)4-3-11(7)2/h7H,3-6H2,1-2H3/t7-/m1/s1. The van der Waals surface area contributed by atoms with Crippen LogP contribution in [0.3, 0.4) is 0 Å². The van der Waals surface area contributed by atoms with Crippen LogP contribution in [0.1, 0.15) is 6.92 Å². The Bertz CT molecular complexity index is 145. The van der Waals surface area contributed by atoms with Crippen molar-refractivity contribution in [3.05, 3.63) is 0 Å². The molecule has 5 heteroatoms. The van der Waals surface area contributed by atoms with E-state index in [1.54, 1.807) is 0 Å². The van der Waals surface area contributed by atoms with E-state index in [4.69, 9.17) is 0 Å². The van der Waals surface area contributed by atoms with Crippen molar-refractivity contribution >= 4 is 7.27 Å². The van der Waals surface area contributed by atoms with Gasteiger partial charge in [0.2, 0.25) is 0 Å². The Morgan fingerprint density at radius 2 is 2.08 bits per heavy atom. The van der Waals surface area contributed by atoms with Crippen molar-refractivity contribution in [2.75, 3.05) is 33.1 Å². The van der Waals surface area contributed by atoms with Gasteiger partial charge in [0.1, 0.15) is 0 Å². The fraction of sp³-hybridized carbons (Fsp3) is 1.00. The van der Waals surface area contributed by atoms with Crippen LogP contribution in [0.5, 0.6) is 0 Å². The molecule has 2 nitrogen and oxygen atoms in total. The number of piperazine rings is 1. The monoisotopic (exact) mass is 176 g/mol. The molecule has 0 N–H and O–H groups in total. The lowest BCUT2D eigenvalue weighted by atomic mass is 9.97. The van der Waals surface area contributed by atoms with Gasteiger partial charge in [-0.1, -0.05) is 0 Å². The molecule has 1 fully saturated rings. The number of hydrogen-bond acceptors (Lipinski definition) is 2. The first-order valence-corrected chi connectivity index (χ1v) is 4.30. The Balaban J connectivity index is 2.30. The van der Waals surface area contributed by atoms with Crippen molar-refractivity contribution in [1.82, 2.24) is 9.80 Å². The van der Waals surface area contributed by atoms with Crippen LogP contribution in [0.15, 0.2) is 0 Å². The van der Waals surface area contributed by atoms with Gasteiger partial charge >= 0.3 is 7.27 Å². The molecule has 70 valence electrons. The van der Waals surface area contributed by atoms with E-state index in [9.17, 15) is 8.63 Å². The van der Waals surface area contributed by atoms with E-state index in [1.165, 1.54) is 0 Å². The van der Waals surface area contributed by atoms with Crippen LogP contribution in [0.25, 0.3) is 0 Å². The van der Waals surface area contributed by atoms with E-state index in [1.807, 2.05) is 11.9 Å². The zero-order valence-electron chi connectivity index (χ0n) is 7.63. The molecule has 1 heterocycles. The van der Waals surface area contributed by atoms with Gasteiger partial charge in [-0.25, -0.2) is 0 Å². The third-order valence-electron chi connectivity index (χ3n) is 2.44. The largest absolute Gasteiger partial charge is 0.551 e. The van der Waals surface area contributed by atoms with Crippen LogP contribution in [-0.4, -0.2) is 56.2 Å². The Morgan fingerprint density at radius 3 is 2.58 bits per heavy atom. The van der Waals surface area contributed by atoms with Crippen LogP contribution in [0.4, 0.5) is 8.63 Å². The zero-order valence-corrected chi connectivity index (χ0v) is 7.63. The molecular formula is C7H15BF2N2. The van der Waals surface area contributed by atoms with Gasteiger partial charge < -0.3 is 9.80 Å². The molecule has 0 saturated carbocycles. The van der Waals surface area contributed by atoms with Gasteiger partial charge in [0.25, 0.3) is 0 Å². The van der Waals surface area contributed by atoms with E-state index in [0.717, 1.165) is 19.6 Å². The summed E-state index contributed by atoms with van der Waals surface area (Å²) in [5, 5.41) is 0. The van der Waals surface area contributed by atoms with E-state index in [2.05, 4.69) is 11.8 Å². The molecule has 1 saturated heterocycles. The normalized spacial score (nSPS) is 27.5. The van der Waals surface area contributed by atoms with Crippen LogP contribution in [-0.2, 0) is 0 Å². The van der Waals surface area contributed by atoms with Gasteiger partial charge in [0.05, 0.1) is 0 Å². The molecule has 0 aromatic heterocycles. The van der Waals surface area contributed by atoms with Crippen LogP contribution in [0.2, 0.25) is 0 Å². The topological polar surface area (TPSA) is 6.48 Å². The number of hydrogen-bond donors (Lipinski definition) is 0. The predicted octanol–water partition coefficient (Wildman–Crippen LogP) is 0.589. The molecule has 0 amide bonds. The number of rotatable bonds is 2. The molecule has 12 heavy (non-hydrogen) atoms. The predicted molar refractivity (Wildman–Crippen MR) is 46.5 cm³/mol. The summed E-state index contributed by atoms with van der Waals surface area (Å²) in [7, 11) is -0.162. The maximum absolute atomic E-state index is 12.0. The Morgan fingerprint density at radius 1 is 1.42 bits per heavy atom. The molecule has 0 aromatic rings. The SMILES string of the molecule is C[C@@H]1CN(CB(F)F)CCN1C. The summed E-state index contributed by atoms with van der Waals surface area (Å²) in [6.45, 7) is 4.50. The summed E-state index contributed by atoms with van der Waals surface area (Å²) < 4.78 is 24.0. The summed E-state index contributed by atoms with van der Waals surface area (Å²) in [4.78, 5) is 4.03. The lowest BCUT2D eigenvalue weighted by molar-refractivity contribution is 0.116. The average Bonchev–Trinajstić information content (AvgIpc) is 1.96. The van der Waals surface area contributed by atoms with Crippen LogP contribution >= 0.6 is 0 Å². The molecule has 1 atom stereocenters. The first kappa shape index (κ1) is 9.93. The third kappa shape index (κ3) is 2.71. The molecule has 0 bridgehead atoms. The molecule has 1 rings (SSSR count). The number of likely N-dealkylation sites (N-methyl/N-ethyl adjacent to an activating group) is 1. The molecule has 0 aliphatic carbocycles. The number of halogens is 2. The van der Waals surface area contributed by atoms with Gasteiger partial charge in [-0.05, 0) is 14.0 Å². The fourth-order valence-corrected chi connectivity index (χ4v) is 1.48. The van der Waals surface area contributed by atoms with E-state index in [-0.39, 0.29) is 6.44 Å². The smallest absolute Gasteiger partial charge is 0.302 e. The Labute approximate surface area is 72.7 Å². The van der Waals surface area contributed by atoms with Crippen molar-refractivity contribution in [2.24, 2.45) is 0 Å². The fourth-order valence-electron chi connectivity index (χ4n) is 1.48. The first-order valence-electron chi connectivity index (χ1n) is 4.30. The van der Waals surface area contributed by atoms with Crippen molar-refractivity contribution in [3.8, 4) is 0 Å². The Hall–Kier alpha value is -0.155. The van der Waals surface area contributed by atoms with Crippen molar-refractivity contribution in [1.29, 1.82) is 0 Å². The highest BCUT2D eigenvalue weighted by molar-refractivity contribution is 6.42. The van der Waals surface area contributed by atoms with E-state index < -0.39 is 7.27 Å². The van der Waals surface area contributed by atoms with Crippen LogP contribution < -0.4 is 0 Å². The minimum Gasteiger partial charge on any atom is -0.302 e. The summed E-state index contributed by atoms with van der Waals surface area (Å²) >= 11 is 0. The van der Waals surface area contributed by atoms with Gasteiger partial charge in [0, 0.05) is 32.1 Å². The van der Waals surface area contributed by atoms with Crippen LogP contribution in [0, 0.1) is 0 Å². The van der Waals surface area contributed by atoms with Crippen molar-refractivity contribution < 1.29 is 8.63 Å². The van der Waals surface area contributed by atoms with Crippen molar-refractivity contribution in [2.45, 2.75) is 13.0 Å². The molecule has 0 aromatic carbocycles. The molecular weight excluding hydrogens is 161 g/mol. The van der Waals surface area contributed by atoms with Gasteiger partial charge in [0.15, 0.2) is 0 Å². The average molecular weight is 176 g/mol. The zero-order chi connectivity index (χ0) is 9.14. The van der Waals surface area contributed by atoms with Crippen molar-refractivity contribution in [3.63, 3.8) is 0 Å². The minimum atomic E-state index is -2.19.